The lowest BCUT2D eigenvalue weighted by Gasteiger charge is -2.18. The van der Waals surface area contributed by atoms with Gasteiger partial charge < -0.3 is 15.4 Å². The molecule has 2 unspecified atom stereocenters. The van der Waals surface area contributed by atoms with Crippen LogP contribution in [0.1, 0.15) is 18.1 Å². The number of amides is 2. The number of epoxide rings is 1. The molecule has 1 aliphatic rings. The molecule has 0 spiro atoms. The second-order valence-corrected chi connectivity index (χ2v) is 7.04. The third-order valence-electron chi connectivity index (χ3n) is 4.71. The van der Waals surface area contributed by atoms with Gasteiger partial charge in [0.1, 0.15) is 6.10 Å². The van der Waals surface area contributed by atoms with E-state index < -0.39 is 0 Å². The van der Waals surface area contributed by atoms with Crippen LogP contribution in [0.15, 0.2) is 60.7 Å². The van der Waals surface area contributed by atoms with Gasteiger partial charge in [0.05, 0.1) is 19.2 Å². The van der Waals surface area contributed by atoms with Crippen LogP contribution in [0, 0.1) is 5.92 Å². The van der Waals surface area contributed by atoms with Gasteiger partial charge in [-0.1, -0.05) is 67.6 Å². The van der Waals surface area contributed by atoms with Crippen LogP contribution in [0.25, 0.3) is 0 Å². The maximum atomic E-state index is 12.3. The number of nitrogens with one attached hydrogen (secondary N) is 2. The minimum absolute atomic E-state index is 0.0179. The van der Waals surface area contributed by atoms with Crippen LogP contribution >= 0.6 is 0 Å². The van der Waals surface area contributed by atoms with Gasteiger partial charge in [0.15, 0.2) is 0 Å². The molecule has 2 N–H and O–H groups in total. The van der Waals surface area contributed by atoms with Gasteiger partial charge in [0, 0.05) is 5.92 Å². The summed E-state index contributed by atoms with van der Waals surface area (Å²) in [4.78, 5) is 24.5. The Labute approximate surface area is 160 Å². The highest BCUT2D eigenvalue weighted by molar-refractivity contribution is 5.86. The van der Waals surface area contributed by atoms with E-state index in [-0.39, 0.29) is 36.4 Å². The van der Waals surface area contributed by atoms with Gasteiger partial charge >= 0.3 is 0 Å². The molecule has 3 rings (SSSR count). The number of ether oxygens (including phenoxy) is 1. The van der Waals surface area contributed by atoms with Crippen molar-refractivity contribution in [1.29, 1.82) is 0 Å². The predicted octanol–water partition coefficient (Wildman–Crippen LogP) is 2.11. The van der Waals surface area contributed by atoms with Crippen LogP contribution in [-0.4, -0.2) is 37.1 Å². The second-order valence-electron chi connectivity index (χ2n) is 7.04. The molecular weight excluding hydrogens is 340 g/mol. The van der Waals surface area contributed by atoms with E-state index >= 15 is 0 Å². The molecule has 0 aromatic heterocycles. The van der Waals surface area contributed by atoms with Crippen molar-refractivity contribution in [3.8, 4) is 0 Å². The van der Waals surface area contributed by atoms with Crippen LogP contribution in [0.4, 0.5) is 0 Å². The van der Waals surface area contributed by atoms with E-state index in [1.54, 1.807) is 0 Å². The SMILES string of the molecule is C[C@@H](Cc1ccccc1)C(=O)NCC(=O)NC(Cc1ccccc1)C1CO1. The highest BCUT2D eigenvalue weighted by atomic mass is 16.6. The molecule has 2 aromatic carbocycles. The molecule has 1 aliphatic heterocycles. The Morgan fingerprint density at radius 2 is 1.56 bits per heavy atom. The molecule has 5 nitrogen and oxygen atoms in total. The van der Waals surface area contributed by atoms with Gasteiger partial charge in [-0.05, 0) is 24.0 Å². The summed E-state index contributed by atoms with van der Waals surface area (Å²) >= 11 is 0. The molecular formula is C22H26N2O3. The van der Waals surface area contributed by atoms with Crippen molar-refractivity contribution in [1.82, 2.24) is 10.6 Å². The lowest BCUT2D eigenvalue weighted by atomic mass is 10.0. The Morgan fingerprint density at radius 3 is 2.11 bits per heavy atom. The molecule has 3 atom stereocenters. The van der Waals surface area contributed by atoms with Crippen molar-refractivity contribution >= 4 is 11.8 Å². The highest BCUT2D eigenvalue weighted by Crippen LogP contribution is 2.18. The highest BCUT2D eigenvalue weighted by Gasteiger charge is 2.33. The minimum atomic E-state index is -0.188. The summed E-state index contributed by atoms with van der Waals surface area (Å²) in [7, 11) is 0. The standard InChI is InChI=1S/C22H26N2O3/c1-16(12-17-8-4-2-5-9-17)22(26)23-14-21(25)24-19(20-15-27-20)13-18-10-6-3-7-11-18/h2-11,16,19-20H,12-15H2,1H3,(H,23,26)(H,24,25)/t16-,19?,20?/m0/s1. The first-order chi connectivity index (χ1) is 13.1. The summed E-state index contributed by atoms with van der Waals surface area (Å²) in [5.74, 6) is -0.491. The molecule has 1 saturated heterocycles. The van der Waals surface area contributed by atoms with Crippen LogP contribution in [-0.2, 0) is 27.2 Å². The Balaban J connectivity index is 1.44. The van der Waals surface area contributed by atoms with Gasteiger partial charge in [-0.3, -0.25) is 9.59 Å². The Bertz CT molecular complexity index is 745. The van der Waals surface area contributed by atoms with Crippen molar-refractivity contribution in [2.24, 2.45) is 5.92 Å². The number of benzene rings is 2. The molecule has 27 heavy (non-hydrogen) atoms. The van der Waals surface area contributed by atoms with E-state index in [4.69, 9.17) is 4.74 Å². The van der Waals surface area contributed by atoms with Crippen LogP contribution in [0.5, 0.6) is 0 Å². The molecule has 0 aliphatic carbocycles. The van der Waals surface area contributed by atoms with Gasteiger partial charge in [-0.25, -0.2) is 0 Å². The fraction of sp³-hybridized carbons (Fsp3) is 0.364. The van der Waals surface area contributed by atoms with Crippen molar-refractivity contribution in [2.45, 2.75) is 31.9 Å². The number of carbonyl (C=O) groups is 2. The van der Waals surface area contributed by atoms with E-state index in [1.165, 1.54) is 0 Å². The first-order valence-corrected chi connectivity index (χ1v) is 9.38. The maximum absolute atomic E-state index is 12.3. The monoisotopic (exact) mass is 366 g/mol. The van der Waals surface area contributed by atoms with E-state index in [9.17, 15) is 9.59 Å². The van der Waals surface area contributed by atoms with Crippen LogP contribution < -0.4 is 10.6 Å². The topological polar surface area (TPSA) is 70.7 Å². The van der Waals surface area contributed by atoms with Gasteiger partial charge in [-0.15, -0.1) is 0 Å². The molecule has 2 amide bonds. The largest absolute Gasteiger partial charge is 0.371 e. The van der Waals surface area contributed by atoms with Gasteiger partial charge in [-0.2, -0.15) is 0 Å². The summed E-state index contributed by atoms with van der Waals surface area (Å²) in [6, 6.07) is 19.8. The zero-order valence-corrected chi connectivity index (χ0v) is 15.6. The molecule has 0 bridgehead atoms. The van der Waals surface area contributed by atoms with Crippen LogP contribution in [0.3, 0.4) is 0 Å². The molecule has 5 heteroatoms. The van der Waals surface area contributed by atoms with Crippen molar-refractivity contribution in [2.75, 3.05) is 13.2 Å². The van der Waals surface area contributed by atoms with Crippen molar-refractivity contribution in [3.63, 3.8) is 0 Å². The van der Waals surface area contributed by atoms with Crippen LogP contribution in [0.2, 0.25) is 0 Å². The summed E-state index contributed by atoms with van der Waals surface area (Å²) < 4.78 is 5.37. The number of hydrogen-bond donors (Lipinski definition) is 2. The fourth-order valence-electron chi connectivity index (χ4n) is 3.09. The number of carbonyl (C=O) groups excluding carboxylic acids is 2. The fourth-order valence-corrected chi connectivity index (χ4v) is 3.09. The molecule has 1 fully saturated rings. The summed E-state index contributed by atoms with van der Waals surface area (Å²) in [5, 5.41) is 5.73. The minimum Gasteiger partial charge on any atom is -0.371 e. The average Bonchev–Trinajstić information content (AvgIpc) is 3.52. The van der Waals surface area contributed by atoms with Gasteiger partial charge in [0.2, 0.25) is 11.8 Å². The van der Waals surface area contributed by atoms with E-state index in [0.29, 0.717) is 13.0 Å². The maximum Gasteiger partial charge on any atom is 0.239 e. The zero-order chi connectivity index (χ0) is 19.1. The van der Waals surface area contributed by atoms with Gasteiger partial charge in [0.25, 0.3) is 0 Å². The third-order valence-corrected chi connectivity index (χ3v) is 4.71. The molecule has 2 aromatic rings. The summed E-state index contributed by atoms with van der Waals surface area (Å²) in [6.45, 7) is 2.52. The zero-order valence-electron chi connectivity index (χ0n) is 15.6. The summed E-state index contributed by atoms with van der Waals surface area (Å²) in [5.41, 5.74) is 2.26. The smallest absolute Gasteiger partial charge is 0.239 e. The Kier molecular flexibility index (Phi) is 6.60. The number of rotatable bonds is 9. The van der Waals surface area contributed by atoms with Crippen molar-refractivity contribution in [3.05, 3.63) is 71.8 Å². The van der Waals surface area contributed by atoms with E-state index in [2.05, 4.69) is 10.6 Å². The molecule has 142 valence electrons. The lowest BCUT2D eigenvalue weighted by molar-refractivity contribution is -0.128. The first-order valence-electron chi connectivity index (χ1n) is 9.38. The molecule has 0 saturated carbocycles. The normalized spacial score (nSPS) is 17.6. The lowest BCUT2D eigenvalue weighted by Crippen LogP contribution is -2.46. The van der Waals surface area contributed by atoms with E-state index in [1.807, 2.05) is 67.6 Å². The predicted molar refractivity (Wildman–Crippen MR) is 104 cm³/mol. The average molecular weight is 366 g/mol. The molecule has 0 radical (unpaired) electrons. The Hall–Kier alpha value is -2.66. The molecule has 1 heterocycles. The number of hydrogen-bond acceptors (Lipinski definition) is 3. The second kappa shape index (κ2) is 9.33. The quantitative estimate of drug-likeness (QED) is 0.668. The first kappa shape index (κ1) is 19.1. The Morgan fingerprint density at radius 1 is 1.00 bits per heavy atom. The third kappa shape index (κ3) is 6.22. The summed E-state index contributed by atoms with van der Waals surface area (Å²) in [6.07, 6.45) is 1.43. The van der Waals surface area contributed by atoms with E-state index in [0.717, 1.165) is 17.5 Å². The van der Waals surface area contributed by atoms with Crippen molar-refractivity contribution < 1.29 is 14.3 Å².